The maximum absolute atomic E-state index is 13.5. The van der Waals surface area contributed by atoms with E-state index in [-0.39, 0.29) is 17.9 Å². The van der Waals surface area contributed by atoms with Gasteiger partial charge in [0.05, 0.1) is 11.8 Å². The Hall–Kier alpha value is -2.63. The average Bonchev–Trinajstić information content (AvgIpc) is 3.01. The number of carbonyl (C=O) groups is 2. The molecule has 110 valence electrons. The summed E-state index contributed by atoms with van der Waals surface area (Å²) in [6, 6.07) is 7.63. The summed E-state index contributed by atoms with van der Waals surface area (Å²) in [4.78, 5) is 24.7. The number of benzene rings is 1. The molecular weight excluding hydrogens is 277 g/mol. The van der Waals surface area contributed by atoms with Crippen molar-refractivity contribution in [2.75, 3.05) is 13.7 Å². The van der Waals surface area contributed by atoms with Crippen molar-refractivity contribution in [3.8, 4) is 0 Å². The number of esters is 1. The highest BCUT2D eigenvalue weighted by Gasteiger charge is 2.15. The van der Waals surface area contributed by atoms with Crippen LogP contribution >= 0.6 is 0 Å². The molecule has 0 N–H and O–H groups in total. The molecule has 0 saturated heterocycles. The first-order chi connectivity index (χ1) is 10.1. The van der Waals surface area contributed by atoms with E-state index in [0.29, 0.717) is 5.56 Å². The predicted octanol–water partition coefficient (Wildman–Crippen LogP) is 2.23. The average molecular weight is 291 g/mol. The SMILES string of the molecule is CN(Cc1ccccc1F)C(=O)COC(=O)c1ccoc1. The third-order valence-corrected chi connectivity index (χ3v) is 2.87. The number of rotatable bonds is 5. The van der Waals surface area contributed by atoms with Crippen LogP contribution in [0.3, 0.4) is 0 Å². The number of likely N-dealkylation sites (N-methyl/N-ethyl adjacent to an activating group) is 1. The van der Waals surface area contributed by atoms with Crippen molar-refractivity contribution in [2.24, 2.45) is 0 Å². The smallest absolute Gasteiger partial charge is 0.341 e. The summed E-state index contributed by atoms with van der Waals surface area (Å²) in [6.45, 7) is -0.302. The Bertz CT molecular complexity index is 624. The van der Waals surface area contributed by atoms with Crippen LogP contribution in [0.25, 0.3) is 0 Å². The Balaban J connectivity index is 1.86. The molecule has 5 nitrogen and oxygen atoms in total. The molecule has 0 saturated carbocycles. The third kappa shape index (κ3) is 3.92. The molecule has 1 aromatic carbocycles. The van der Waals surface area contributed by atoms with Crippen LogP contribution < -0.4 is 0 Å². The fourth-order valence-corrected chi connectivity index (χ4v) is 1.67. The van der Waals surface area contributed by atoms with Gasteiger partial charge in [0, 0.05) is 19.2 Å². The van der Waals surface area contributed by atoms with Crippen molar-refractivity contribution >= 4 is 11.9 Å². The van der Waals surface area contributed by atoms with E-state index in [0.717, 1.165) is 0 Å². The number of furan rings is 1. The molecule has 0 aliphatic carbocycles. The van der Waals surface area contributed by atoms with E-state index < -0.39 is 18.5 Å². The highest BCUT2D eigenvalue weighted by molar-refractivity contribution is 5.90. The van der Waals surface area contributed by atoms with Gasteiger partial charge in [-0.2, -0.15) is 0 Å². The van der Waals surface area contributed by atoms with Gasteiger partial charge in [0.1, 0.15) is 12.1 Å². The second kappa shape index (κ2) is 6.69. The predicted molar refractivity (Wildman–Crippen MR) is 71.9 cm³/mol. The van der Waals surface area contributed by atoms with Crippen LogP contribution in [0.4, 0.5) is 4.39 Å². The van der Waals surface area contributed by atoms with Gasteiger partial charge in [0.2, 0.25) is 0 Å². The highest BCUT2D eigenvalue weighted by atomic mass is 19.1. The van der Waals surface area contributed by atoms with Gasteiger partial charge in [-0.05, 0) is 12.1 Å². The van der Waals surface area contributed by atoms with E-state index in [1.165, 1.54) is 36.6 Å². The first kappa shape index (κ1) is 14.8. The number of hydrogen-bond donors (Lipinski definition) is 0. The first-order valence-corrected chi connectivity index (χ1v) is 6.24. The molecular formula is C15H14FNO4. The largest absolute Gasteiger partial charge is 0.472 e. The number of halogens is 1. The zero-order valence-corrected chi connectivity index (χ0v) is 11.4. The van der Waals surface area contributed by atoms with Gasteiger partial charge < -0.3 is 14.1 Å². The lowest BCUT2D eigenvalue weighted by Gasteiger charge is -2.17. The van der Waals surface area contributed by atoms with E-state index in [4.69, 9.17) is 9.15 Å². The molecule has 0 aliphatic rings. The molecule has 6 heteroatoms. The second-order valence-corrected chi connectivity index (χ2v) is 4.43. The molecule has 0 aliphatic heterocycles. The summed E-state index contributed by atoms with van der Waals surface area (Å²) in [5, 5.41) is 0. The molecule has 0 radical (unpaired) electrons. The summed E-state index contributed by atoms with van der Waals surface area (Å²) in [6.07, 6.45) is 2.57. The maximum Gasteiger partial charge on any atom is 0.341 e. The van der Waals surface area contributed by atoms with Gasteiger partial charge in [-0.15, -0.1) is 0 Å². The molecule has 0 spiro atoms. The number of nitrogens with zero attached hydrogens (tertiary/aromatic N) is 1. The van der Waals surface area contributed by atoms with E-state index in [1.807, 2.05) is 0 Å². The van der Waals surface area contributed by atoms with Gasteiger partial charge in [-0.3, -0.25) is 4.79 Å². The Morgan fingerprint density at radius 3 is 2.71 bits per heavy atom. The number of amides is 1. The van der Waals surface area contributed by atoms with Gasteiger partial charge in [-0.1, -0.05) is 18.2 Å². The molecule has 0 fully saturated rings. The summed E-state index contributed by atoms with van der Waals surface area (Å²) in [7, 11) is 1.51. The molecule has 1 amide bonds. The monoisotopic (exact) mass is 291 g/mol. The quantitative estimate of drug-likeness (QED) is 0.793. The van der Waals surface area contributed by atoms with Gasteiger partial charge >= 0.3 is 5.97 Å². The van der Waals surface area contributed by atoms with Crippen molar-refractivity contribution in [1.82, 2.24) is 4.90 Å². The zero-order valence-electron chi connectivity index (χ0n) is 11.4. The fraction of sp³-hybridized carbons (Fsp3) is 0.200. The Morgan fingerprint density at radius 2 is 2.05 bits per heavy atom. The number of hydrogen-bond acceptors (Lipinski definition) is 4. The Labute approximate surface area is 120 Å². The van der Waals surface area contributed by atoms with Crippen LogP contribution in [0.15, 0.2) is 47.3 Å². The minimum Gasteiger partial charge on any atom is -0.472 e. The lowest BCUT2D eigenvalue weighted by Crippen LogP contribution is -2.31. The third-order valence-electron chi connectivity index (χ3n) is 2.87. The highest BCUT2D eigenvalue weighted by Crippen LogP contribution is 2.09. The van der Waals surface area contributed by atoms with E-state index >= 15 is 0 Å². The van der Waals surface area contributed by atoms with Crippen LogP contribution in [0.2, 0.25) is 0 Å². The van der Waals surface area contributed by atoms with Crippen LogP contribution in [-0.2, 0) is 16.1 Å². The second-order valence-electron chi connectivity index (χ2n) is 4.43. The molecule has 0 atom stereocenters. The fourth-order valence-electron chi connectivity index (χ4n) is 1.67. The maximum atomic E-state index is 13.5. The van der Waals surface area contributed by atoms with Crippen molar-refractivity contribution < 1.29 is 23.1 Å². The van der Waals surface area contributed by atoms with Gasteiger partial charge in [0.15, 0.2) is 6.61 Å². The molecule has 1 aromatic heterocycles. The lowest BCUT2D eigenvalue weighted by atomic mass is 10.2. The van der Waals surface area contributed by atoms with Gasteiger partial charge in [-0.25, -0.2) is 9.18 Å². The van der Waals surface area contributed by atoms with E-state index in [1.54, 1.807) is 18.2 Å². The minimum absolute atomic E-state index is 0.106. The molecule has 1 heterocycles. The van der Waals surface area contributed by atoms with Crippen molar-refractivity contribution in [2.45, 2.75) is 6.54 Å². The first-order valence-electron chi connectivity index (χ1n) is 6.24. The lowest BCUT2D eigenvalue weighted by molar-refractivity contribution is -0.133. The topological polar surface area (TPSA) is 59.8 Å². The molecule has 0 unspecified atom stereocenters. The van der Waals surface area contributed by atoms with Crippen molar-refractivity contribution in [1.29, 1.82) is 0 Å². The normalized spacial score (nSPS) is 10.2. The number of carbonyl (C=O) groups excluding carboxylic acids is 2. The molecule has 0 bridgehead atoms. The van der Waals surface area contributed by atoms with E-state index in [2.05, 4.69) is 0 Å². The van der Waals surface area contributed by atoms with Gasteiger partial charge in [0.25, 0.3) is 5.91 Å². The van der Waals surface area contributed by atoms with E-state index in [9.17, 15) is 14.0 Å². The Kier molecular flexibility index (Phi) is 4.71. The van der Waals surface area contributed by atoms with Crippen LogP contribution in [0.1, 0.15) is 15.9 Å². The summed E-state index contributed by atoms with van der Waals surface area (Å²) in [5.41, 5.74) is 0.633. The Morgan fingerprint density at radius 1 is 1.29 bits per heavy atom. The summed E-state index contributed by atoms with van der Waals surface area (Å²) < 4.78 is 23.1. The summed E-state index contributed by atoms with van der Waals surface area (Å²) >= 11 is 0. The van der Waals surface area contributed by atoms with Crippen molar-refractivity contribution in [3.05, 3.63) is 59.8 Å². The standard InChI is InChI=1S/C15H14FNO4/c1-17(8-11-4-2-3-5-13(11)16)14(18)10-21-15(19)12-6-7-20-9-12/h2-7,9H,8,10H2,1H3. The molecule has 2 aromatic rings. The van der Waals surface area contributed by atoms with Crippen molar-refractivity contribution in [3.63, 3.8) is 0 Å². The zero-order chi connectivity index (χ0) is 15.2. The molecule has 21 heavy (non-hydrogen) atoms. The van der Waals surface area contributed by atoms with Crippen LogP contribution in [0.5, 0.6) is 0 Å². The minimum atomic E-state index is -0.642. The number of ether oxygens (including phenoxy) is 1. The molecule has 2 rings (SSSR count). The van der Waals surface area contributed by atoms with Crippen LogP contribution in [-0.4, -0.2) is 30.4 Å². The van der Waals surface area contributed by atoms with Crippen LogP contribution in [0, 0.1) is 5.82 Å². The summed E-state index contributed by atoms with van der Waals surface area (Å²) in [5.74, 6) is -1.45.